The minimum atomic E-state index is -0.348. The number of nitrogens with zero attached hydrogens (tertiary/aromatic N) is 1. The van der Waals surface area contributed by atoms with Crippen molar-refractivity contribution in [1.29, 1.82) is 0 Å². The van der Waals surface area contributed by atoms with Gasteiger partial charge in [-0.25, -0.2) is 4.39 Å². The molecule has 0 unspecified atom stereocenters. The van der Waals surface area contributed by atoms with Crippen LogP contribution in [0.5, 0.6) is 0 Å². The Kier molecular flexibility index (Phi) is 4.93. The van der Waals surface area contributed by atoms with Crippen LogP contribution in [0.25, 0.3) is 0 Å². The topological polar surface area (TPSA) is 32.3 Å². The Morgan fingerprint density at radius 3 is 2.71 bits per heavy atom. The minimum Gasteiger partial charge on any atom is -0.376 e. The number of halogens is 2. The first-order chi connectivity index (χ1) is 7.91. The van der Waals surface area contributed by atoms with Crippen LogP contribution in [0.1, 0.15) is 13.8 Å². The zero-order valence-electron chi connectivity index (χ0n) is 10.1. The third-order valence-corrected chi connectivity index (χ3v) is 3.17. The molecule has 0 aliphatic carbocycles. The van der Waals surface area contributed by atoms with E-state index < -0.39 is 0 Å². The van der Waals surface area contributed by atoms with Gasteiger partial charge in [-0.05, 0) is 48.0 Å². The van der Waals surface area contributed by atoms with E-state index in [0.29, 0.717) is 10.2 Å². The second kappa shape index (κ2) is 6.00. The van der Waals surface area contributed by atoms with Crippen molar-refractivity contribution >= 4 is 27.5 Å². The molecule has 5 heteroatoms. The molecule has 0 saturated carbocycles. The summed E-state index contributed by atoms with van der Waals surface area (Å²) in [6.07, 6.45) is 0. The van der Waals surface area contributed by atoms with E-state index in [2.05, 4.69) is 21.2 Å². The maximum atomic E-state index is 13.2. The minimum absolute atomic E-state index is 0.0247. The van der Waals surface area contributed by atoms with Gasteiger partial charge in [0.05, 0.1) is 11.0 Å². The third kappa shape index (κ3) is 4.00. The van der Waals surface area contributed by atoms with Gasteiger partial charge in [-0.3, -0.25) is 4.79 Å². The van der Waals surface area contributed by atoms with Gasteiger partial charge in [0.15, 0.2) is 0 Å². The Morgan fingerprint density at radius 2 is 2.18 bits per heavy atom. The first kappa shape index (κ1) is 14.0. The molecule has 0 aliphatic heterocycles. The Hall–Kier alpha value is -1.10. The van der Waals surface area contributed by atoms with Crippen LogP contribution >= 0.6 is 15.9 Å². The third-order valence-electron chi connectivity index (χ3n) is 2.53. The molecule has 0 bridgehead atoms. The smallest absolute Gasteiger partial charge is 0.241 e. The number of rotatable bonds is 4. The number of hydrogen-bond acceptors (Lipinski definition) is 2. The van der Waals surface area contributed by atoms with Gasteiger partial charge in [0.25, 0.3) is 0 Å². The summed E-state index contributed by atoms with van der Waals surface area (Å²) in [4.78, 5) is 13.3. The summed E-state index contributed by atoms with van der Waals surface area (Å²) < 4.78 is 13.6. The maximum Gasteiger partial charge on any atom is 0.241 e. The lowest BCUT2D eigenvalue weighted by Crippen LogP contribution is -2.37. The fourth-order valence-electron chi connectivity index (χ4n) is 1.20. The maximum absolute atomic E-state index is 13.2. The Balaban J connectivity index is 2.56. The molecule has 1 rings (SSSR count). The molecule has 94 valence electrons. The van der Waals surface area contributed by atoms with Crippen molar-refractivity contribution in [2.24, 2.45) is 0 Å². The fourth-order valence-corrected chi connectivity index (χ4v) is 1.44. The van der Waals surface area contributed by atoms with Crippen molar-refractivity contribution in [2.75, 3.05) is 18.9 Å². The molecule has 3 nitrogen and oxygen atoms in total. The number of anilines is 1. The van der Waals surface area contributed by atoms with Gasteiger partial charge in [0.1, 0.15) is 5.82 Å². The van der Waals surface area contributed by atoms with Crippen LogP contribution in [0.4, 0.5) is 10.1 Å². The summed E-state index contributed by atoms with van der Waals surface area (Å²) in [5.41, 5.74) is 0.594. The highest BCUT2D eigenvalue weighted by Crippen LogP contribution is 2.19. The van der Waals surface area contributed by atoms with E-state index in [4.69, 9.17) is 0 Å². The average Bonchev–Trinajstić information content (AvgIpc) is 2.29. The molecule has 1 aromatic carbocycles. The molecule has 0 radical (unpaired) electrons. The quantitative estimate of drug-likeness (QED) is 0.927. The second-order valence-electron chi connectivity index (χ2n) is 4.08. The van der Waals surface area contributed by atoms with Crippen LogP contribution in [0.15, 0.2) is 22.7 Å². The lowest BCUT2D eigenvalue weighted by molar-refractivity contribution is -0.129. The molecular weight excluding hydrogens is 287 g/mol. The zero-order chi connectivity index (χ0) is 13.0. The number of amides is 1. The molecule has 1 N–H and O–H groups in total. The molecule has 1 aromatic rings. The van der Waals surface area contributed by atoms with Gasteiger partial charge in [0, 0.05) is 18.8 Å². The van der Waals surface area contributed by atoms with Gasteiger partial charge in [-0.15, -0.1) is 0 Å². The van der Waals surface area contributed by atoms with Crippen molar-refractivity contribution in [1.82, 2.24) is 4.90 Å². The highest BCUT2D eigenvalue weighted by Gasteiger charge is 2.11. The predicted molar refractivity (Wildman–Crippen MR) is 70.5 cm³/mol. The van der Waals surface area contributed by atoms with Crippen LogP contribution in [0.2, 0.25) is 0 Å². The number of carbonyl (C=O) groups excluding carboxylic acids is 1. The Labute approximate surface area is 109 Å². The molecule has 0 atom stereocenters. The molecular formula is C12H16BrFN2O. The van der Waals surface area contributed by atoms with Crippen molar-refractivity contribution in [3.63, 3.8) is 0 Å². The van der Waals surface area contributed by atoms with Crippen LogP contribution < -0.4 is 5.32 Å². The van der Waals surface area contributed by atoms with E-state index in [1.807, 2.05) is 13.8 Å². The lowest BCUT2D eigenvalue weighted by Gasteiger charge is -2.21. The highest BCUT2D eigenvalue weighted by molar-refractivity contribution is 9.10. The molecule has 1 amide bonds. The van der Waals surface area contributed by atoms with Crippen LogP contribution in [-0.4, -0.2) is 30.4 Å². The summed E-state index contributed by atoms with van der Waals surface area (Å²) in [7, 11) is 1.75. The normalized spacial score (nSPS) is 10.5. The van der Waals surface area contributed by atoms with Crippen LogP contribution in [-0.2, 0) is 4.79 Å². The highest BCUT2D eigenvalue weighted by atomic mass is 79.9. The summed E-state index contributed by atoms with van der Waals surface area (Å²) in [5, 5.41) is 2.90. The molecule has 0 aromatic heterocycles. The van der Waals surface area contributed by atoms with E-state index in [1.54, 1.807) is 24.1 Å². The number of carbonyl (C=O) groups is 1. The summed E-state index contributed by atoms with van der Waals surface area (Å²) in [6.45, 7) is 4.05. The number of nitrogens with one attached hydrogen (secondary N) is 1. The van der Waals surface area contributed by atoms with E-state index in [-0.39, 0.29) is 24.3 Å². The van der Waals surface area contributed by atoms with Gasteiger partial charge >= 0.3 is 0 Å². The first-order valence-electron chi connectivity index (χ1n) is 5.36. The largest absolute Gasteiger partial charge is 0.376 e. The van der Waals surface area contributed by atoms with Gasteiger partial charge in [-0.2, -0.15) is 0 Å². The van der Waals surface area contributed by atoms with Crippen LogP contribution in [0.3, 0.4) is 0 Å². The first-order valence-corrected chi connectivity index (χ1v) is 6.15. The summed E-state index contributed by atoms with van der Waals surface area (Å²) in [6, 6.07) is 4.84. The van der Waals surface area contributed by atoms with Crippen molar-refractivity contribution < 1.29 is 9.18 Å². The van der Waals surface area contributed by atoms with Gasteiger partial charge in [-0.1, -0.05) is 0 Å². The monoisotopic (exact) mass is 302 g/mol. The van der Waals surface area contributed by atoms with Crippen molar-refractivity contribution in [2.45, 2.75) is 19.9 Å². The van der Waals surface area contributed by atoms with Gasteiger partial charge < -0.3 is 10.2 Å². The van der Waals surface area contributed by atoms with Crippen molar-refractivity contribution in [3.05, 3.63) is 28.5 Å². The van der Waals surface area contributed by atoms with Crippen LogP contribution in [0, 0.1) is 5.82 Å². The molecule has 17 heavy (non-hydrogen) atoms. The lowest BCUT2D eigenvalue weighted by atomic mass is 10.3. The average molecular weight is 303 g/mol. The van der Waals surface area contributed by atoms with E-state index in [9.17, 15) is 9.18 Å². The molecule has 0 aliphatic rings. The predicted octanol–water partition coefficient (Wildman–Crippen LogP) is 2.87. The summed E-state index contributed by atoms with van der Waals surface area (Å²) >= 11 is 3.07. The van der Waals surface area contributed by atoms with E-state index in [1.165, 1.54) is 6.07 Å². The number of hydrogen-bond donors (Lipinski definition) is 1. The fraction of sp³-hybridized carbons (Fsp3) is 0.417. The number of benzene rings is 1. The molecule has 0 fully saturated rings. The summed E-state index contributed by atoms with van der Waals surface area (Å²) in [5.74, 6) is -0.372. The molecule has 0 heterocycles. The standard InChI is InChI=1S/C12H16BrFN2O/c1-8(2)16(3)12(17)7-15-9-4-5-10(13)11(14)6-9/h4-6,8,15H,7H2,1-3H3. The number of likely N-dealkylation sites (N-methyl/N-ethyl adjacent to an activating group) is 1. The van der Waals surface area contributed by atoms with Gasteiger partial charge in [0.2, 0.25) is 5.91 Å². The Morgan fingerprint density at radius 1 is 1.53 bits per heavy atom. The molecule has 0 saturated heterocycles. The zero-order valence-corrected chi connectivity index (χ0v) is 11.7. The SMILES string of the molecule is CC(C)N(C)C(=O)CNc1ccc(Br)c(F)c1. The van der Waals surface area contributed by atoms with E-state index in [0.717, 1.165) is 0 Å². The molecule has 0 spiro atoms. The Bertz CT molecular complexity index is 409. The van der Waals surface area contributed by atoms with Crippen molar-refractivity contribution in [3.8, 4) is 0 Å². The van der Waals surface area contributed by atoms with E-state index >= 15 is 0 Å². The second-order valence-corrected chi connectivity index (χ2v) is 4.94.